The highest BCUT2D eigenvalue weighted by Crippen LogP contribution is 2.28. The predicted molar refractivity (Wildman–Crippen MR) is 65.5 cm³/mol. The molecule has 3 N–H and O–H groups in total. The fourth-order valence-electron chi connectivity index (χ4n) is 2.09. The van der Waals surface area contributed by atoms with Gasteiger partial charge in [0.25, 0.3) is 5.56 Å². The average molecular weight is 288 g/mol. The van der Waals surface area contributed by atoms with Crippen molar-refractivity contribution in [3.63, 3.8) is 0 Å². The fraction of sp³-hybridized carbons (Fsp3) is 0.636. The van der Waals surface area contributed by atoms with Gasteiger partial charge in [-0.05, 0) is 0 Å². The second kappa shape index (κ2) is 5.37. The van der Waals surface area contributed by atoms with Crippen LogP contribution in [0.3, 0.4) is 0 Å². The molecule has 0 aliphatic carbocycles. The van der Waals surface area contributed by atoms with E-state index in [1.165, 1.54) is 14.2 Å². The van der Waals surface area contributed by atoms with Crippen molar-refractivity contribution in [2.45, 2.75) is 24.5 Å². The Morgan fingerprint density at radius 1 is 1.35 bits per heavy atom. The van der Waals surface area contributed by atoms with Crippen LogP contribution in [-0.4, -0.2) is 56.5 Å². The van der Waals surface area contributed by atoms with Crippen LogP contribution in [0.4, 0.5) is 0 Å². The number of aromatic nitrogens is 2. The Morgan fingerprint density at radius 3 is 2.50 bits per heavy atom. The minimum absolute atomic E-state index is 0.107. The number of aliphatic hydroxyl groups excluding tert-OH is 3. The van der Waals surface area contributed by atoms with Crippen molar-refractivity contribution in [2.75, 3.05) is 13.7 Å². The third kappa shape index (κ3) is 2.14. The number of nitrogens with zero attached hydrogens (tertiary/aromatic N) is 2. The fourth-order valence-corrected chi connectivity index (χ4v) is 2.09. The van der Waals surface area contributed by atoms with Crippen LogP contribution in [0.15, 0.2) is 15.8 Å². The van der Waals surface area contributed by atoms with E-state index in [1.807, 2.05) is 0 Å². The molecular formula is C11H16N2O7. The number of methoxy groups -OCH3 is 1. The molecule has 0 amide bonds. The van der Waals surface area contributed by atoms with Gasteiger partial charge in [0, 0.05) is 7.05 Å². The SMILES string of the molecule is COc1cn([C@@H]2O[C@H](CO)[C@@H](O)[C@H]2O)c(=O)n(C)c1=O. The molecule has 1 saturated heterocycles. The first-order valence-corrected chi connectivity index (χ1v) is 5.91. The molecule has 4 atom stereocenters. The molecule has 0 bridgehead atoms. The smallest absolute Gasteiger partial charge is 0.333 e. The highest BCUT2D eigenvalue weighted by Gasteiger charge is 2.44. The molecule has 0 radical (unpaired) electrons. The van der Waals surface area contributed by atoms with Crippen molar-refractivity contribution >= 4 is 0 Å². The van der Waals surface area contributed by atoms with Gasteiger partial charge in [-0.25, -0.2) is 4.79 Å². The summed E-state index contributed by atoms with van der Waals surface area (Å²) in [7, 11) is 2.52. The maximum atomic E-state index is 12.0. The molecule has 2 heterocycles. The number of hydrogen-bond donors (Lipinski definition) is 3. The van der Waals surface area contributed by atoms with Crippen molar-refractivity contribution in [1.29, 1.82) is 0 Å². The van der Waals surface area contributed by atoms with Gasteiger partial charge in [-0.2, -0.15) is 0 Å². The van der Waals surface area contributed by atoms with E-state index in [2.05, 4.69) is 0 Å². The lowest BCUT2D eigenvalue weighted by atomic mass is 10.1. The molecule has 20 heavy (non-hydrogen) atoms. The van der Waals surface area contributed by atoms with Crippen molar-refractivity contribution in [2.24, 2.45) is 7.05 Å². The Kier molecular flexibility index (Phi) is 3.95. The van der Waals surface area contributed by atoms with Gasteiger partial charge in [0.2, 0.25) is 5.75 Å². The van der Waals surface area contributed by atoms with Gasteiger partial charge >= 0.3 is 5.69 Å². The van der Waals surface area contributed by atoms with E-state index < -0.39 is 42.4 Å². The van der Waals surface area contributed by atoms with E-state index in [0.717, 1.165) is 15.3 Å². The molecule has 1 aliphatic rings. The van der Waals surface area contributed by atoms with E-state index >= 15 is 0 Å². The molecule has 0 aromatic carbocycles. The van der Waals surface area contributed by atoms with Gasteiger partial charge in [-0.3, -0.25) is 13.9 Å². The van der Waals surface area contributed by atoms with Gasteiger partial charge in [0.05, 0.1) is 19.9 Å². The largest absolute Gasteiger partial charge is 0.490 e. The number of ether oxygens (including phenoxy) is 2. The van der Waals surface area contributed by atoms with Gasteiger partial charge in [0.15, 0.2) is 6.23 Å². The predicted octanol–water partition coefficient (Wildman–Crippen LogP) is -2.83. The summed E-state index contributed by atoms with van der Waals surface area (Å²) in [5, 5.41) is 28.6. The van der Waals surface area contributed by atoms with E-state index in [0.29, 0.717) is 0 Å². The second-order valence-electron chi connectivity index (χ2n) is 4.48. The zero-order valence-corrected chi connectivity index (χ0v) is 11.0. The standard InChI is InChI=1S/C11H16N2O7/c1-12-9(17)5(19-2)3-13(11(12)18)10-8(16)7(15)6(4-14)20-10/h3,6-8,10,14-16H,4H2,1-2H3/t6-,7-,8-,10-/m1/s1. The van der Waals surface area contributed by atoms with E-state index in [-0.39, 0.29) is 5.75 Å². The molecule has 1 fully saturated rings. The molecular weight excluding hydrogens is 272 g/mol. The van der Waals surface area contributed by atoms with Gasteiger partial charge in [-0.15, -0.1) is 0 Å². The Morgan fingerprint density at radius 2 is 2.00 bits per heavy atom. The highest BCUT2D eigenvalue weighted by molar-refractivity contribution is 5.13. The molecule has 0 saturated carbocycles. The topological polar surface area (TPSA) is 123 Å². The van der Waals surface area contributed by atoms with E-state index in [9.17, 15) is 19.8 Å². The minimum atomic E-state index is -1.41. The molecule has 1 aromatic rings. The number of rotatable bonds is 3. The maximum Gasteiger partial charge on any atom is 0.333 e. The summed E-state index contributed by atoms with van der Waals surface area (Å²) >= 11 is 0. The second-order valence-corrected chi connectivity index (χ2v) is 4.48. The first-order chi connectivity index (χ1) is 9.42. The number of hydrogen-bond acceptors (Lipinski definition) is 7. The van der Waals surface area contributed by atoms with Crippen LogP contribution < -0.4 is 16.0 Å². The van der Waals surface area contributed by atoms with Crippen molar-refractivity contribution in [3.8, 4) is 5.75 Å². The van der Waals surface area contributed by atoms with Gasteiger partial charge in [-0.1, -0.05) is 0 Å². The van der Waals surface area contributed by atoms with Crippen LogP contribution in [0.25, 0.3) is 0 Å². The molecule has 9 heteroatoms. The summed E-state index contributed by atoms with van der Waals surface area (Å²) in [5.41, 5.74) is -1.36. The number of aliphatic hydroxyl groups is 3. The van der Waals surface area contributed by atoms with Crippen molar-refractivity contribution in [1.82, 2.24) is 9.13 Å². The summed E-state index contributed by atoms with van der Waals surface area (Å²) in [6, 6.07) is 0. The molecule has 112 valence electrons. The lowest BCUT2D eigenvalue weighted by molar-refractivity contribution is -0.0557. The van der Waals surface area contributed by atoms with Crippen molar-refractivity contribution < 1.29 is 24.8 Å². The molecule has 0 spiro atoms. The minimum Gasteiger partial charge on any atom is -0.490 e. The molecule has 1 aromatic heterocycles. The first kappa shape index (κ1) is 14.7. The lowest BCUT2D eigenvalue weighted by Gasteiger charge is -2.18. The van der Waals surface area contributed by atoms with Gasteiger partial charge in [0.1, 0.15) is 18.3 Å². The zero-order valence-electron chi connectivity index (χ0n) is 11.0. The molecule has 0 unspecified atom stereocenters. The average Bonchev–Trinajstić information content (AvgIpc) is 2.73. The van der Waals surface area contributed by atoms with Crippen LogP contribution >= 0.6 is 0 Å². The van der Waals surface area contributed by atoms with Crippen LogP contribution in [0, 0.1) is 0 Å². The third-order valence-electron chi connectivity index (χ3n) is 3.29. The quantitative estimate of drug-likeness (QED) is 0.547. The summed E-state index contributed by atoms with van der Waals surface area (Å²) in [6.45, 7) is -0.508. The Labute approximate surface area is 113 Å². The monoisotopic (exact) mass is 288 g/mol. The van der Waals surface area contributed by atoms with Crippen LogP contribution in [-0.2, 0) is 11.8 Å². The van der Waals surface area contributed by atoms with Crippen molar-refractivity contribution in [3.05, 3.63) is 27.0 Å². The summed E-state index contributed by atoms with van der Waals surface area (Å²) < 4.78 is 11.8. The molecule has 1 aliphatic heterocycles. The maximum absolute atomic E-state index is 12.0. The summed E-state index contributed by atoms with van der Waals surface area (Å²) in [4.78, 5) is 23.7. The normalized spacial score (nSPS) is 29.6. The van der Waals surface area contributed by atoms with Crippen LogP contribution in [0.5, 0.6) is 5.75 Å². The molecule has 9 nitrogen and oxygen atoms in total. The highest BCUT2D eigenvalue weighted by atomic mass is 16.6. The zero-order chi connectivity index (χ0) is 15.0. The summed E-state index contributed by atoms with van der Waals surface area (Å²) in [5.74, 6) is -0.107. The Balaban J connectivity index is 2.51. The Bertz CT molecular complexity index is 608. The first-order valence-electron chi connectivity index (χ1n) is 5.91. The Hall–Kier alpha value is -1.68. The molecule has 2 rings (SSSR count). The van der Waals surface area contributed by atoms with Crippen LogP contribution in [0.2, 0.25) is 0 Å². The van der Waals surface area contributed by atoms with E-state index in [4.69, 9.17) is 14.6 Å². The lowest BCUT2D eigenvalue weighted by Crippen LogP contribution is -2.42. The van der Waals surface area contributed by atoms with Crippen LogP contribution in [0.1, 0.15) is 6.23 Å². The third-order valence-corrected chi connectivity index (χ3v) is 3.29. The van der Waals surface area contributed by atoms with Gasteiger partial charge < -0.3 is 24.8 Å². The summed E-state index contributed by atoms with van der Waals surface area (Å²) in [6.07, 6.45) is -3.86. The van der Waals surface area contributed by atoms with E-state index in [1.54, 1.807) is 0 Å².